The molecule has 3 aliphatic rings. The maximum atomic E-state index is 14.1. The molecule has 0 spiro atoms. The van der Waals surface area contributed by atoms with Crippen molar-refractivity contribution in [1.82, 2.24) is 26.2 Å². The van der Waals surface area contributed by atoms with Gasteiger partial charge < -0.3 is 40.7 Å². The van der Waals surface area contributed by atoms with Crippen LogP contribution in [0.15, 0.2) is 18.2 Å². The predicted octanol–water partition coefficient (Wildman–Crippen LogP) is 1.02. The molecule has 46 heavy (non-hydrogen) atoms. The predicted molar refractivity (Wildman–Crippen MR) is 165 cm³/mol. The summed E-state index contributed by atoms with van der Waals surface area (Å²) in [6, 6.07) is 0.355. The van der Waals surface area contributed by atoms with Gasteiger partial charge in [0.2, 0.25) is 23.6 Å². The Labute approximate surface area is 276 Å². The van der Waals surface area contributed by atoms with Crippen LogP contribution in [-0.2, 0) is 33.5 Å². The SMILES string of the molecule is O=C1CC[C@@H](C(=O)O)NC(=O)[C@@H]2C[C@@H](NC(=O)C3CCOCC3)CN2C(=O)[C@@H](NC(=O)COc2ccc(Cl)cc2Cl)CCCCN1. The standard InChI is InChI=1S/C30H39Cl2N5O9/c31-18-4-6-24(20(32)13-18)46-16-26(39)35-21-3-1-2-10-33-25(38)7-5-22(30(43)44)36-28(41)23-14-19(15-37(23)29(21)42)34-27(40)17-8-11-45-12-9-17/h4,6,13,17,19,21-23H,1-3,5,7-12,14-16H2,(H,33,38)(H,34,40)(H,35,39)(H,36,41)(H,43,44)/t19-,21+,22+,23+/m1/s1. The summed E-state index contributed by atoms with van der Waals surface area (Å²) in [5.41, 5.74) is 0. The Balaban J connectivity index is 1.53. The fraction of sp³-hybridized carbons (Fsp3) is 0.600. The molecule has 0 saturated carbocycles. The fourth-order valence-corrected chi connectivity index (χ4v) is 6.19. The lowest BCUT2D eigenvalue weighted by Gasteiger charge is -2.29. The number of carboxylic acid groups (broad SMARTS) is 1. The molecule has 1 aromatic rings. The molecule has 5 amide bonds. The Bertz CT molecular complexity index is 1310. The smallest absolute Gasteiger partial charge is 0.326 e. The van der Waals surface area contributed by atoms with Crippen molar-refractivity contribution in [3.63, 3.8) is 0 Å². The van der Waals surface area contributed by atoms with Gasteiger partial charge in [-0.25, -0.2) is 4.79 Å². The molecule has 4 atom stereocenters. The van der Waals surface area contributed by atoms with E-state index in [-0.39, 0.29) is 67.3 Å². The summed E-state index contributed by atoms with van der Waals surface area (Å²) >= 11 is 12.1. The highest BCUT2D eigenvalue weighted by molar-refractivity contribution is 6.35. The van der Waals surface area contributed by atoms with Crippen LogP contribution < -0.4 is 26.0 Å². The van der Waals surface area contributed by atoms with Crippen molar-refractivity contribution < 1.29 is 43.3 Å². The summed E-state index contributed by atoms with van der Waals surface area (Å²) in [5.74, 6) is -3.86. The molecule has 16 heteroatoms. The van der Waals surface area contributed by atoms with Crippen LogP contribution in [0.1, 0.15) is 51.4 Å². The van der Waals surface area contributed by atoms with Crippen LogP contribution >= 0.6 is 23.2 Å². The number of nitrogens with zero attached hydrogens (tertiary/aromatic N) is 1. The molecule has 3 fully saturated rings. The number of nitrogens with one attached hydrogen (secondary N) is 4. The molecule has 0 aliphatic carbocycles. The number of ether oxygens (including phenoxy) is 2. The number of amides is 5. The van der Waals surface area contributed by atoms with Gasteiger partial charge in [-0.15, -0.1) is 0 Å². The lowest BCUT2D eigenvalue weighted by atomic mass is 9.99. The van der Waals surface area contributed by atoms with E-state index in [0.717, 1.165) is 0 Å². The van der Waals surface area contributed by atoms with Crippen LogP contribution in [0.25, 0.3) is 0 Å². The van der Waals surface area contributed by atoms with Crippen molar-refractivity contribution in [2.45, 2.75) is 75.5 Å². The first-order valence-electron chi connectivity index (χ1n) is 15.4. The van der Waals surface area contributed by atoms with E-state index in [1.807, 2.05) is 0 Å². The van der Waals surface area contributed by atoms with Crippen molar-refractivity contribution in [1.29, 1.82) is 0 Å². The Morgan fingerprint density at radius 3 is 2.52 bits per heavy atom. The summed E-state index contributed by atoms with van der Waals surface area (Å²) in [6.07, 6.45) is 1.98. The molecule has 4 rings (SSSR count). The van der Waals surface area contributed by atoms with E-state index in [1.54, 1.807) is 6.07 Å². The molecule has 0 unspecified atom stereocenters. The molecule has 1 aromatic carbocycles. The largest absolute Gasteiger partial charge is 0.482 e. The number of carbonyl (C=O) groups is 6. The van der Waals surface area contributed by atoms with E-state index in [0.29, 0.717) is 43.9 Å². The second-order valence-electron chi connectivity index (χ2n) is 11.6. The van der Waals surface area contributed by atoms with E-state index in [1.165, 1.54) is 17.0 Å². The Morgan fingerprint density at radius 2 is 1.80 bits per heavy atom. The molecule has 3 aliphatic heterocycles. The zero-order valence-electron chi connectivity index (χ0n) is 25.2. The van der Waals surface area contributed by atoms with E-state index in [2.05, 4.69) is 21.3 Å². The number of hydrogen-bond donors (Lipinski definition) is 5. The lowest BCUT2D eigenvalue weighted by molar-refractivity contribution is -0.145. The molecule has 0 aromatic heterocycles. The van der Waals surface area contributed by atoms with Crippen molar-refractivity contribution in [3.05, 3.63) is 28.2 Å². The van der Waals surface area contributed by atoms with Gasteiger partial charge in [0.25, 0.3) is 5.91 Å². The van der Waals surface area contributed by atoms with E-state index >= 15 is 0 Å². The van der Waals surface area contributed by atoms with Gasteiger partial charge in [0.05, 0.1) is 5.02 Å². The molecule has 3 heterocycles. The number of benzene rings is 1. The quantitative estimate of drug-likeness (QED) is 0.279. The van der Waals surface area contributed by atoms with Crippen LogP contribution in [0.5, 0.6) is 5.75 Å². The summed E-state index contributed by atoms with van der Waals surface area (Å²) < 4.78 is 10.9. The third kappa shape index (κ3) is 9.94. The molecule has 3 saturated heterocycles. The molecular weight excluding hydrogens is 645 g/mol. The van der Waals surface area contributed by atoms with Crippen LogP contribution in [0.2, 0.25) is 10.0 Å². The molecule has 0 bridgehead atoms. The Hall–Kier alpha value is -3.62. The monoisotopic (exact) mass is 683 g/mol. The summed E-state index contributed by atoms with van der Waals surface area (Å²) in [5, 5.41) is 21.1. The third-order valence-corrected chi connectivity index (χ3v) is 8.76. The van der Waals surface area contributed by atoms with Gasteiger partial charge in [-0.1, -0.05) is 23.2 Å². The number of hydrogen-bond acceptors (Lipinski definition) is 8. The van der Waals surface area contributed by atoms with E-state index in [4.69, 9.17) is 32.7 Å². The van der Waals surface area contributed by atoms with Gasteiger partial charge in [-0.3, -0.25) is 24.0 Å². The maximum absolute atomic E-state index is 14.1. The lowest BCUT2D eigenvalue weighted by Crippen LogP contribution is -2.55. The van der Waals surface area contributed by atoms with E-state index < -0.39 is 54.5 Å². The highest BCUT2D eigenvalue weighted by Crippen LogP contribution is 2.27. The molecule has 0 radical (unpaired) electrons. The highest BCUT2D eigenvalue weighted by Gasteiger charge is 2.43. The summed E-state index contributed by atoms with van der Waals surface area (Å²) in [7, 11) is 0. The first kappa shape index (κ1) is 35.2. The second kappa shape index (κ2) is 16.8. The number of rotatable bonds is 7. The summed E-state index contributed by atoms with van der Waals surface area (Å²) in [6.45, 7) is 0.718. The first-order valence-corrected chi connectivity index (χ1v) is 16.1. The second-order valence-corrected chi connectivity index (χ2v) is 12.4. The van der Waals surface area contributed by atoms with Gasteiger partial charge in [-0.05, 0) is 63.1 Å². The molecule has 5 N–H and O–H groups in total. The molecule has 14 nitrogen and oxygen atoms in total. The highest BCUT2D eigenvalue weighted by atomic mass is 35.5. The number of halogens is 2. The number of carboxylic acids is 1. The number of carbonyl (C=O) groups excluding carboxylic acids is 5. The topological polar surface area (TPSA) is 192 Å². The van der Waals surface area contributed by atoms with Crippen LogP contribution in [0.4, 0.5) is 0 Å². The van der Waals surface area contributed by atoms with Gasteiger partial charge in [0.1, 0.15) is 23.9 Å². The minimum atomic E-state index is -1.37. The normalized spacial score (nSPS) is 25.3. The van der Waals surface area contributed by atoms with Crippen LogP contribution in [0.3, 0.4) is 0 Å². The van der Waals surface area contributed by atoms with Crippen molar-refractivity contribution in [2.75, 3.05) is 32.9 Å². The van der Waals surface area contributed by atoms with Crippen molar-refractivity contribution in [2.24, 2.45) is 5.92 Å². The third-order valence-electron chi connectivity index (χ3n) is 8.23. The zero-order valence-corrected chi connectivity index (χ0v) is 26.7. The minimum Gasteiger partial charge on any atom is -0.482 e. The van der Waals surface area contributed by atoms with Crippen LogP contribution in [0, 0.1) is 5.92 Å². The molecular formula is C30H39Cl2N5O9. The van der Waals surface area contributed by atoms with Crippen LogP contribution in [-0.4, -0.2) is 103 Å². The fourth-order valence-electron chi connectivity index (χ4n) is 5.73. The van der Waals surface area contributed by atoms with E-state index in [9.17, 15) is 33.9 Å². The first-order chi connectivity index (χ1) is 22.0. The Morgan fingerprint density at radius 1 is 1.04 bits per heavy atom. The number of fused-ring (bicyclic) bond motifs is 1. The minimum absolute atomic E-state index is 0.0209. The average Bonchev–Trinajstić information content (AvgIpc) is 3.45. The van der Waals surface area contributed by atoms with Gasteiger partial charge >= 0.3 is 5.97 Å². The summed E-state index contributed by atoms with van der Waals surface area (Å²) in [4.78, 5) is 79.1. The maximum Gasteiger partial charge on any atom is 0.326 e. The Kier molecular flexibility index (Phi) is 12.9. The molecule has 252 valence electrons. The zero-order chi connectivity index (χ0) is 33.2. The van der Waals surface area contributed by atoms with Gasteiger partial charge in [-0.2, -0.15) is 0 Å². The average molecular weight is 685 g/mol. The number of aliphatic carboxylic acids is 1. The van der Waals surface area contributed by atoms with Crippen molar-refractivity contribution in [3.8, 4) is 5.75 Å². The van der Waals surface area contributed by atoms with Gasteiger partial charge in [0, 0.05) is 49.7 Å². The van der Waals surface area contributed by atoms with Gasteiger partial charge in [0.15, 0.2) is 6.61 Å². The van der Waals surface area contributed by atoms with Crippen molar-refractivity contribution >= 4 is 58.7 Å².